The first-order chi connectivity index (χ1) is 14.9. The first-order valence-electron chi connectivity index (χ1n) is 8.62. The lowest BCUT2D eigenvalue weighted by Gasteiger charge is -2.02. The van der Waals surface area contributed by atoms with Crippen LogP contribution in [0, 0.1) is 21.4 Å². The molecule has 0 aliphatic rings. The number of nitro benzene ring substituents is 1. The minimum absolute atomic E-state index is 0.127. The number of nitro groups is 1. The lowest BCUT2D eigenvalue weighted by Crippen LogP contribution is -2.03. The number of fused-ring (bicyclic) bond motifs is 1. The van der Waals surface area contributed by atoms with Gasteiger partial charge in [-0.05, 0) is 30.3 Å². The van der Waals surface area contributed by atoms with Gasteiger partial charge in [-0.1, -0.05) is 35.3 Å². The molecule has 2 heterocycles. The predicted octanol–water partition coefficient (Wildman–Crippen LogP) is 6.20. The van der Waals surface area contributed by atoms with Crippen molar-refractivity contribution in [2.45, 2.75) is 0 Å². The van der Waals surface area contributed by atoms with E-state index in [0.29, 0.717) is 21.1 Å². The maximum absolute atomic E-state index is 12.5. The molecule has 0 saturated heterocycles. The van der Waals surface area contributed by atoms with E-state index in [-0.39, 0.29) is 33.0 Å². The molecule has 0 bridgehead atoms. The molecule has 0 radical (unpaired) electrons. The second-order valence-corrected chi connectivity index (χ2v) is 7.98. The van der Waals surface area contributed by atoms with Crippen LogP contribution in [0.1, 0.15) is 10.6 Å². The predicted molar refractivity (Wildman–Crippen MR) is 120 cm³/mol. The molecule has 0 aliphatic heterocycles. The van der Waals surface area contributed by atoms with Crippen molar-refractivity contribution < 1.29 is 9.34 Å². The molecule has 0 spiro atoms. The van der Waals surface area contributed by atoms with Gasteiger partial charge in [-0.3, -0.25) is 10.1 Å². The van der Waals surface area contributed by atoms with E-state index in [1.54, 1.807) is 29.6 Å². The molecule has 4 rings (SSSR count). The zero-order valence-corrected chi connectivity index (χ0v) is 17.7. The van der Waals surface area contributed by atoms with Crippen molar-refractivity contribution in [1.29, 1.82) is 5.26 Å². The number of thiazole rings is 1. The fourth-order valence-corrected chi connectivity index (χ4v) is 4.26. The number of nitriles is 1. The van der Waals surface area contributed by atoms with Gasteiger partial charge in [-0.2, -0.15) is 5.26 Å². The lowest BCUT2D eigenvalue weighted by molar-refractivity contribution is -0.385. The number of nitrogens with zero attached hydrogens (tertiary/aromatic N) is 3. The van der Waals surface area contributed by atoms with Crippen molar-refractivity contribution in [2.24, 2.45) is 0 Å². The van der Waals surface area contributed by atoms with Crippen molar-refractivity contribution in [2.75, 3.05) is 0 Å². The van der Waals surface area contributed by atoms with Crippen LogP contribution in [-0.2, 0) is 0 Å². The summed E-state index contributed by atoms with van der Waals surface area (Å²) in [6.45, 7) is 0. The summed E-state index contributed by atoms with van der Waals surface area (Å²) in [6, 6.07) is 12.7. The average molecular weight is 470 g/mol. The van der Waals surface area contributed by atoms with Crippen LogP contribution in [0.25, 0.3) is 33.9 Å². The second-order valence-electron chi connectivity index (χ2n) is 6.28. The third-order valence-corrected chi connectivity index (χ3v) is 5.69. The first-order valence-corrected chi connectivity index (χ1v) is 10.3. The Hall–Kier alpha value is -3.51. The summed E-state index contributed by atoms with van der Waals surface area (Å²) in [7, 11) is 0. The molecule has 0 amide bonds. The van der Waals surface area contributed by atoms with Crippen molar-refractivity contribution >= 4 is 62.8 Å². The molecule has 10 heteroatoms. The Morgan fingerprint density at radius 2 is 2.03 bits per heavy atom. The zero-order valence-electron chi connectivity index (χ0n) is 15.3. The average Bonchev–Trinajstić information content (AvgIpc) is 3.22. The molecule has 0 aliphatic carbocycles. The number of allylic oxidation sites excluding steroid dienone is 1. The highest BCUT2D eigenvalue weighted by Gasteiger charge is 2.17. The molecule has 2 aromatic carbocycles. The van der Waals surface area contributed by atoms with Crippen LogP contribution in [0.2, 0.25) is 10.0 Å². The van der Waals surface area contributed by atoms with Crippen molar-refractivity contribution in [3.63, 3.8) is 0 Å². The topological polar surface area (TPSA) is 110 Å². The highest BCUT2D eigenvalue weighted by molar-refractivity contribution is 7.11. The highest BCUT2D eigenvalue weighted by Crippen LogP contribution is 2.32. The quantitative estimate of drug-likeness (QED) is 0.152. The molecule has 7 nitrogen and oxygen atoms in total. The normalized spacial score (nSPS) is 11.5. The van der Waals surface area contributed by atoms with E-state index >= 15 is 0 Å². The second kappa shape index (κ2) is 8.32. The number of rotatable bonds is 4. The van der Waals surface area contributed by atoms with E-state index in [2.05, 4.69) is 4.98 Å². The number of aromatic nitrogens is 1. The first kappa shape index (κ1) is 20.8. The number of para-hydroxylation sites is 1. The van der Waals surface area contributed by atoms with Gasteiger partial charge >= 0.3 is 5.63 Å². The monoisotopic (exact) mass is 469 g/mol. The number of hydrogen-bond acceptors (Lipinski definition) is 7. The highest BCUT2D eigenvalue weighted by atomic mass is 35.5. The van der Waals surface area contributed by atoms with Gasteiger partial charge in [0.1, 0.15) is 11.1 Å². The van der Waals surface area contributed by atoms with Crippen LogP contribution in [-0.4, -0.2) is 9.91 Å². The fraction of sp³-hybridized carbons (Fsp3) is 0. The van der Waals surface area contributed by atoms with Gasteiger partial charge in [0.25, 0.3) is 5.69 Å². The van der Waals surface area contributed by atoms with Crippen molar-refractivity contribution in [3.8, 4) is 17.3 Å². The number of halogens is 2. The van der Waals surface area contributed by atoms with Gasteiger partial charge in [0.15, 0.2) is 5.58 Å². The third kappa shape index (κ3) is 4.07. The summed E-state index contributed by atoms with van der Waals surface area (Å²) in [5.41, 5.74) is 0.318. The summed E-state index contributed by atoms with van der Waals surface area (Å²) in [6.07, 6.45) is 1.39. The molecule has 0 fully saturated rings. The van der Waals surface area contributed by atoms with Crippen LogP contribution in [0.3, 0.4) is 0 Å². The maximum atomic E-state index is 12.5. The maximum Gasteiger partial charge on any atom is 0.345 e. The molecule has 152 valence electrons. The number of hydrogen-bond donors (Lipinski definition) is 0. The standard InChI is InChI=1S/C21H9Cl2N3O4S/c22-14-6-12-7-15(21(27)30-19(12)16(23)8-14)17-10-31-20(25-17)13(9-24)5-11-3-1-2-4-18(11)26(28)29/h1-8,10H/b13-5-. The minimum Gasteiger partial charge on any atom is -0.421 e. The molecule has 0 saturated carbocycles. The van der Waals surface area contributed by atoms with E-state index in [0.717, 1.165) is 11.3 Å². The van der Waals surface area contributed by atoms with Crippen molar-refractivity contribution in [3.05, 3.63) is 89.0 Å². The lowest BCUT2D eigenvalue weighted by atomic mass is 10.1. The van der Waals surface area contributed by atoms with Crippen LogP contribution >= 0.6 is 34.5 Å². The van der Waals surface area contributed by atoms with Gasteiger partial charge in [0.05, 0.1) is 32.3 Å². The van der Waals surface area contributed by atoms with E-state index in [4.69, 9.17) is 27.6 Å². The van der Waals surface area contributed by atoms with Crippen molar-refractivity contribution in [1.82, 2.24) is 4.98 Å². The SMILES string of the molecule is N#C/C(=C/c1ccccc1[N+](=O)[O-])c1nc(-c2cc3cc(Cl)cc(Cl)c3oc2=O)cs1. The Kier molecular flexibility index (Phi) is 5.57. The Bertz CT molecular complexity index is 1480. The van der Waals surface area contributed by atoms with E-state index in [1.807, 2.05) is 6.07 Å². The summed E-state index contributed by atoms with van der Waals surface area (Å²) < 4.78 is 5.33. The van der Waals surface area contributed by atoms with Crippen LogP contribution in [0.4, 0.5) is 5.69 Å². The van der Waals surface area contributed by atoms with Crippen LogP contribution < -0.4 is 5.63 Å². The largest absolute Gasteiger partial charge is 0.421 e. The molecular formula is C21H9Cl2N3O4S. The molecular weight excluding hydrogens is 461 g/mol. The van der Waals surface area contributed by atoms with Gasteiger partial charge in [0, 0.05) is 21.9 Å². The molecule has 31 heavy (non-hydrogen) atoms. The Morgan fingerprint density at radius 3 is 2.77 bits per heavy atom. The van der Waals surface area contributed by atoms with Crippen LogP contribution in [0.5, 0.6) is 0 Å². The molecule has 0 atom stereocenters. The van der Waals surface area contributed by atoms with Gasteiger partial charge in [0.2, 0.25) is 0 Å². The zero-order chi connectivity index (χ0) is 22.1. The third-order valence-electron chi connectivity index (χ3n) is 4.32. The summed E-state index contributed by atoms with van der Waals surface area (Å²) in [5.74, 6) is 0. The van der Waals surface area contributed by atoms with Crippen LogP contribution in [0.15, 0.2) is 57.1 Å². The summed E-state index contributed by atoms with van der Waals surface area (Å²) in [5, 5.41) is 23.8. The van der Waals surface area contributed by atoms with Gasteiger partial charge < -0.3 is 4.42 Å². The number of benzene rings is 2. The molecule has 0 N–H and O–H groups in total. The fourth-order valence-electron chi connectivity index (χ4n) is 2.93. The van der Waals surface area contributed by atoms with Gasteiger partial charge in [-0.25, -0.2) is 9.78 Å². The molecule has 4 aromatic rings. The van der Waals surface area contributed by atoms with E-state index in [1.165, 1.54) is 24.3 Å². The minimum atomic E-state index is -0.644. The Labute approximate surface area is 188 Å². The Morgan fingerprint density at radius 1 is 1.26 bits per heavy atom. The van der Waals surface area contributed by atoms with Gasteiger partial charge in [-0.15, -0.1) is 11.3 Å². The smallest absolute Gasteiger partial charge is 0.345 e. The molecule has 0 unspecified atom stereocenters. The van der Waals surface area contributed by atoms with E-state index in [9.17, 15) is 20.2 Å². The molecule has 2 aromatic heterocycles. The van der Waals surface area contributed by atoms with E-state index < -0.39 is 10.5 Å². The summed E-state index contributed by atoms with van der Waals surface area (Å²) >= 11 is 13.2. The summed E-state index contributed by atoms with van der Waals surface area (Å²) in [4.78, 5) is 27.6. The Balaban J connectivity index is 1.79.